The van der Waals surface area contributed by atoms with E-state index in [0.29, 0.717) is 6.42 Å². The predicted octanol–water partition coefficient (Wildman–Crippen LogP) is 4.02. The predicted molar refractivity (Wildman–Crippen MR) is 62.5 cm³/mol. The van der Waals surface area contributed by atoms with Gasteiger partial charge < -0.3 is 0 Å². The lowest BCUT2D eigenvalue weighted by Crippen LogP contribution is -1.99. The Bertz CT molecular complexity index is 380. The van der Waals surface area contributed by atoms with Crippen molar-refractivity contribution >= 4 is 17.4 Å². The summed E-state index contributed by atoms with van der Waals surface area (Å²) in [5, 5.41) is 0.730. The Balaban J connectivity index is 2.00. The average Bonchev–Trinajstić information content (AvgIpc) is 3.02. The van der Waals surface area contributed by atoms with Crippen LogP contribution in [0.4, 0.5) is 0 Å². The number of Topliss-reactive ketones (excluding diaryl/α,β-unsaturated/α-hetero) is 1. The number of benzene rings is 1. The summed E-state index contributed by atoms with van der Waals surface area (Å²) < 4.78 is 0. The lowest BCUT2D eigenvalue weighted by molar-refractivity contribution is 0.0978. The van der Waals surface area contributed by atoms with Crippen LogP contribution >= 0.6 is 11.6 Å². The molecule has 0 spiro atoms. The van der Waals surface area contributed by atoms with Crippen LogP contribution in [0.5, 0.6) is 0 Å². The van der Waals surface area contributed by atoms with Crippen LogP contribution in [0.15, 0.2) is 18.2 Å². The van der Waals surface area contributed by atoms with Crippen molar-refractivity contribution in [1.29, 1.82) is 0 Å². The van der Waals surface area contributed by atoms with Crippen LogP contribution in [0.3, 0.4) is 0 Å². The first kappa shape index (κ1) is 10.7. The molecule has 0 atom stereocenters. The minimum absolute atomic E-state index is 0.252. The summed E-state index contributed by atoms with van der Waals surface area (Å²) >= 11 is 5.91. The van der Waals surface area contributed by atoms with Gasteiger partial charge in [-0.05, 0) is 43.0 Å². The van der Waals surface area contributed by atoms with Crippen LogP contribution in [0.2, 0.25) is 5.02 Å². The fraction of sp³-hybridized carbons (Fsp3) is 0.462. The number of carbonyl (C=O) groups is 1. The summed E-state index contributed by atoms with van der Waals surface area (Å²) in [4.78, 5) is 11.8. The number of carbonyl (C=O) groups excluding carboxylic acids is 1. The Hall–Kier alpha value is -0.820. The minimum Gasteiger partial charge on any atom is -0.294 e. The van der Waals surface area contributed by atoms with Crippen LogP contribution in [-0.4, -0.2) is 5.78 Å². The molecule has 1 fully saturated rings. The van der Waals surface area contributed by atoms with E-state index in [9.17, 15) is 4.79 Å². The molecule has 2 rings (SSSR count). The maximum atomic E-state index is 11.8. The number of ketones is 1. The molecule has 0 radical (unpaired) electrons. The van der Waals surface area contributed by atoms with Gasteiger partial charge in [-0.25, -0.2) is 0 Å². The fourth-order valence-electron chi connectivity index (χ4n) is 1.70. The zero-order valence-corrected chi connectivity index (χ0v) is 9.68. The molecule has 80 valence electrons. The van der Waals surface area contributed by atoms with Crippen LogP contribution in [-0.2, 0) is 0 Å². The van der Waals surface area contributed by atoms with Crippen molar-refractivity contribution < 1.29 is 4.79 Å². The topological polar surface area (TPSA) is 17.1 Å². The molecule has 0 aliphatic heterocycles. The Morgan fingerprint density at radius 3 is 2.80 bits per heavy atom. The molecule has 0 bridgehead atoms. The molecule has 1 aliphatic carbocycles. The first-order valence-corrected chi connectivity index (χ1v) is 5.84. The second kappa shape index (κ2) is 4.36. The van der Waals surface area contributed by atoms with Gasteiger partial charge in [0.15, 0.2) is 5.78 Å². The monoisotopic (exact) mass is 222 g/mol. The molecule has 15 heavy (non-hydrogen) atoms. The maximum Gasteiger partial charge on any atom is 0.162 e. The third kappa shape index (κ3) is 2.82. The molecule has 1 aliphatic rings. The van der Waals surface area contributed by atoms with E-state index < -0.39 is 0 Å². The molecule has 1 saturated carbocycles. The lowest BCUT2D eigenvalue weighted by Gasteiger charge is -2.03. The number of rotatable bonds is 4. The van der Waals surface area contributed by atoms with Crippen molar-refractivity contribution in [3.63, 3.8) is 0 Å². The number of hydrogen-bond donors (Lipinski definition) is 0. The van der Waals surface area contributed by atoms with E-state index in [2.05, 4.69) is 0 Å². The van der Waals surface area contributed by atoms with Crippen LogP contribution in [0.1, 0.15) is 41.6 Å². The van der Waals surface area contributed by atoms with Gasteiger partial charge >= 0.3 is 0 Å². The van der Waals surface area contributed by atoms with Crippen molar-refractivity contribution in [3.8, 4) is 0 Å². The van der Waals surface area contributed by atoms with Gasteiger partial charge in [-0.15, -0.1) is 0 Å². The van der Waals surface area contributed by atoms with Gasteiger partial charge in [-0.1, -0.05) is 24.4 Å². The van der Waals surface area contributed by atoms with E-state index in [4.69, 9.17) is 11.6 Å². The van der Waals surface area contributed by atoms with Gasteiger partial charge in [-0.3, -0.25) is 4.79 Å². The normalized spacial score (nSPS) is 15.3. The van der Waals surface area contributed by atoms with E-state index in [1.54, 1.807) is 6.07 Å². The third-order valence-electron chi connectivity index (χ3n) is 2.96. The smallest absolute Gasteiger partial charge is 0.162 e. The fourth-order valence-corrected chi connectivity index (χ4v) is 1.82. The molecule has 0 saturated heterocycles. The second-order valence-electron chi connectivity index (χ2n) is 4.37. The number of halogens is 1. The molecule has 0 heterocycles. The highest BCUT2D eigenvalue weighted by atomic mass is 35.5. The summed E-state index contributed by atoms with van der Waals surface area (Å²) in [6.45, 7) is 1.93. The summed E-state index contributed by atoms with van der Waals surface area (Å²) in [5.74, 6) is 1.07. The summed E-state index contributed by atoms with van der Waals surface area (Å²) in [7, 11) is 0. The molecule has 2 heteroatoms. The second-order valence-corrected chi connectivity index (χ2v) is 4.78. The van der Waals surface area contributed by atoms with Crippen molar-refractivity contribution in [2.75, 3.05) is 0 Å². The molecule has 0 amide bonds. The van der Waals surface area contributed by atoms with Crippen molar-refractivity contribution in [2.45, 2.75) is 32.6 Å². The molecule has 0 unspecified atom stereocenters. The highest BCUT2D eigenvalue weighted by Crippen LogP contribution is 2.33. The van der Waals surface area contributed by atoms with Gasteiger partial charge in [0.25, 0.3) is 0 Å². The standard InChI is InChI=1S/C13H15ClO/c1-9-8-11(5-6-12(9)14)13(15)7-4-10-2-3-10/h5-6,8,10H,2-4,7H2,1H3. The maximum absolute atomic E-state index is 11.8. The Morgan fingerprint density at radius 2 is 2.20 bits per heavy atom. The average molecular weight is 223 g/mol. The van der Waals surface area contributed by atoms with Crippen molar-refractivity contribution in [2.24, 2.45) is 5.92 Å². The Labute approximate surface area is 95.4 Å². The minimum atomic E-state index is 0.252. The van der Waals surface area contributed by atoms with Crippen LogP contribution in [0, 0.1) is 12.8 Å². The van der Waals surface area contributed by atoms with E-state index in [-0.39, 0.29) is 5.78 Å². The molecular weight excluding hydrogens is 208 g/mol. The van der Waals surface area contributed by atoms with Gasteiger partial charge in [-0.2, -0.15) is 0 Å². The summed E-state index contributed by atoms with van der Waals surface area (Å²) in [6.07, 6.45) is 4.37. The third-order valence-corrected chi connectivity index (χ3v) is 3.38. The van der Waals surface area contributed by atoms with Gasteiger partial charge in [0, 0.05) is 17.0 Å². The zero-order chi connectivity index (χ0) is 10.8. The lowest BCUT2D eigenvalue weighted by atomic mass is 10.0. The summed E-state index contributed by atoms with van der Waals surface area (Å²) in [5.41, 5.74) is 1.78. The van der Waals surface area contributed by atoms with Gasteiger partial charge in [0.2, 0.25) is 0 Å². The number of hydrogen-bond acceptors (Lipinski definition) is 1. The van der Waals surface area contributed by atoms with Crippen molar-refractivity contribution in [1.82, 2.24) is 0 Å². The highest BCUT2D eigenvalue weighted by molar-refractivity contribution is 6.31. The largest absolute Gasteiger partial charge is 0.294 e. The van der Waals surface area contributed by atoms with E-state index in [1.165, 1.54) is 12.8 Å². The van der Waals surface area contributed by atoms with Gasteiger partial charge in [0.1, 0.15) is 0 Å². The Kier molecular flexibility index (Phi) is 3.11. The molecule has 1 aromatic carbocycles. The molecule has 0 N–H and O–H groups in total. The molecule has 0 aromatic heterocycles. The first-order chi connectivity index (χ1) is 7.16. The first-order valence-electron chi connectivity index (χ1n) is 5.46. The van der Waals surface area contributed by atoms with Crippen molar-refractivity contribution in [3.05, 3.63) is 34.3 Å². The highest BCUT2D eigenvalue weighted by Gasteiger charge is 2.22. The molecular formula is C13H15ClO. The van der Waals surface area contributed by atoms with Gasteiger partial charge in [0.05, 0.1) is 0 Å². The Morgan fingerprint density at radius 1 is 1.47 bits per heavy atom. The van der Waals surface area contributed by atoms with Crippen LogP contribution < -0.4 is 0 Å². The van der Waals surface area contributed by atoms with E-state index >= 15 is 0 Å². The quantitative estimate of drug-likeness (QED) is 0.704. The molecule has 1 aromatic rings. The SMILES string of the molecule is Cc1cc(C(=O)CCC2CC2)ccc1Cl. The zero-order valence-electron chi connectivity index (χ0n) is 8.92. The van der Waals surface area contributed by atoms with E-state index in [0.717, 1.165) is 28.5 Å². The van der Waals surface area contributed by atoms with Crippen LogP contribution in [0.25, 0.3) is 0 Å². The summed E-state index contributed by atoms with van der Waals surface area (Å²) in [6, 6.07) is 5.52. The van der Waals surface area contributed by atoms with E-state index in [1.807, 2.05) is 19.1 Å². The number of aryl methyl sites for hydroxylation is 1. The molecule has 1 nitrogen and oxygen atoms in total.